The van der Waals surface area contributed by atoms with Gasteiger partial charge < -0.3 is 15.6 Å². The second kappa shape index (κ2) is 6.78. The van der Waals surface area contributed by atoms with E-state index in [9.17, 15) is 5.11 Å². The van der Waals surface area contributed by atoms with Gasteiger partial charge in [-0.05, 0) is 35.9 Å². The first-order valence-corrected chi connectivity index (χ1v) is 7.28. The van der Waals surface area contributed by atoms with Crippen molar-refractivity contribution < 1.29 is 9.84 Å². The van der Waals surface area contributed by atoms with Gasteiger partial charge >= 0.3 is 0 Å². The molecule has 1 heterocycles. The summed E-state index contributed by atoms with van der Waals surface area (Å²) in [5, 5.41) is 9.93. The summed E-state index contributed by atoms with van der Waals surface area (Å²) in [6.07, 6.45) is 3.60. The molecule has 0 atom stereocenters. The molecule has 0 unspecified atom stereocenters. The number of phenolic OH excluding ortho intramolecular Hbond substituents is 1. The summed E-state index contributed by atoms with van der Waals surface area (Å²) >= 11 is 0. The molecule has 3 N–H and O–H groups in total. The summed E-state index contributed by atoms with van der Waals surface area (Å²) in [5.41, 5.74) is 7.24. The summed E-state index contributed by atoms with van der Waals surface area (Å²) in [4.78, 5) is 12.5. The van der Waals surface area contributed by atoms with Crippen LogP contribution in [0.2, 0.25) is 0 Å². The van der Waals surface area contributed by atoms with Gasteiger partial charge in [0.2, 0.25) is 5.95 Å². The van der Waals surface area contributed by atoms with Crippen LogP contribution in [-0.2, 0) is 0 Å². The lowest BCUT2D eigenvalue weighted by Crippen LogP contribution is -2.02. The fourth-order valence-corrected chi connectivity index (χ4v) is 2.15. The summed E-state index contributed by atoms with van der Waals surface area (Å²) in [7, 11) is 1.62. The Balaban J connectivity index is 1.91. The van der Waals surface area contributed by atoms with Gasteiger partial charge in [0, 0.05) is 0 Å². The molecule has 0 amide bonds. The van der Waals surface area contributed by atoms with Gasteiger partial charge in [-0.25, -0.2) is 4.98 Å². The highest BCUT2D eigenvalue weighted by molar-refractivity contribution is 5.69. The maximum absolute atomic E-state index is 9.93. The first-order chi connectivity index (χ1) is 11.7. The number of nitrogens with zero attached hydrogens (tertiary/aromatic N) is 3. The van der Waals surface area contributed by atoms with E-state index in [1.807, 2.05) is 30.3 Å². The monoisotopic (exact) mass is 320 g/mol. The van der Waals surface area contributed by atoms with Crippen molar-refractivity contribution in [1.82, 2.24) is 15.0 Å². The number of aromatic nitrogens is 3. The van der Waals surface area contributed by atoms with Crippen LogP contribution < -0.4 is 10.5 Å². The topological polar surface area (TPSA) is 94.2 Å². The number of anilines is 1. The molecule has 1 aromatic heterocycles. The van der Waals surface area contributed by atoms with E-state index in [0.717, 1.165) is 11.3 Å². The van der Waals surface area contributed by atoms with Crippen LogP contribution in [-0.4, -0.2) is 27.2 Å². The number of rotatable bonds is 4. The number of benzene rings is 2. The van der Waals surface area contributed by atoms with Gasteiger partial charge in [-0.2, -0.15) is 9.97 Å². The number of phenols is 1. The Hall–Kier alpha value is -3.41. The molecule has 0 fully saturated rings. The van der Waals surface area contributed by atoms with Crippen LogP contribution in [0, 0.1) is 0 Å². The maximum Gasteiger partial charge on any atom is 0.224 e. The molecule has 0 aliphatic carbocycles. The number of aromatic hydroxyl groups is 1. The summed E-state index contributed by atoms with van der Waals surface area (Å²) in [6.45, 7) is 0. The van der Waals surface area contributed by atoms with Crippen molar-refractivity contribution in [2.75, 3.05) is 12.8 Å². The minimum Gasteiger partial charge on any atom is -0.507 e. The van der Waals surface area contributed by atoms with Gasteiger partial charge in [0.05, 0.1) is 12.7 Å². The van der Waals surface area contributed by atoms with Gasteiger partial charge in [-0.3, -0.25) is 0 Å². The van der Waals surface area contributed by atoms with Crippen LogP contribution >= 0.6 is 0 Å². The molecule has 6 nitrogen and oxygen atoms in total. The Labute approximate surface area is 139 Å². The Morgan fingerprint density at radius 2 is 1.71 bits per heavy atom. The van der Waals surface area contributed by atoms with Crippen molar-refractivity contribution in [1.29, 1.82) is 0 Å². The average Bonchev–Trinajstić information content (AvgIpc) is 2.60. The van der Waals surface area contributed by atoms with Crippen molar-refractivity contribution in [2.45, 2.75) is 0 Å². The molecule has 0 aliphatic heterocycles. The molecule has 0 spiro atoms. The minimum atomic E-state index is 0.0909. The smallest absolute Gasteiger partial charge is 0.224 e. The Kier molecular flexibility index (Phi) is 4.38. The predicted molar refractivity (Wildman–Crippen MR) is 93.3 cm³/mol. The molecule has 3 rings (SSSR count). The lowest BCUT2D eigenvalue weighted by molar-refractivity contribution is 0.415. The Morgan fingerprint density at radius 1 is 0.958 bits per heavy atom. The number of methoxy groups -OCH3 is 1. The third-order valence-electron chi connectivity index (χ3n) is 3.36. The molecule has 0 saturated carbocycles. The molecule has 3 aromatic rings. The van der Waals surface area contributed by atoms with Gasteiger partial charge in [-0.1, -0.05) is 30.3 Å². The fraction of sp³-hybridized carbons (Fsp3) is 0.0556. The van der Waals surface area contributed by atoms with E-state index in [1.54, 1.807) is 37.5 Å². The average molecular weight is 320 g/mol. The maximum atomic E-state index is 9.93. The quantitative estimate of drug-likeness (QED) is 0.767. The van der Waals surface area contributed by atoms with E-state index in [1.165, 1.54) is 0 Å². The largest absolute Gasteiger partial charge is 0.507 e. The van der Waals surface area contributed by atoms with Gasteiger partial charge in [0.25, 0.3) is 0 Å². The molecule has 2 aromatic carbocycles. The first kappa shape index (κ1) is 15.5. The third kappa shape index (κ3) is 3.49. The van der Waals surface area contributed by atoms with E-state index in [2.05, 4.69) is 15.0 Å². The van der Waals surface area contributed by atoms with Crippen LogP contribution in [0.3, 0.4) is 0 Å². The van der Waals surface area contributed by atoms with Crippen LogP contribution in [0.4, 0.5) is 5.95 Å². The Morgan fingerprint density at radius 3 is 2.42 bits per heavy atom. The fourth-order valence-electron chi connectivity index (χ4n) is 2.15. The van der Waals surface area contributed by atoms with Crippen LogP contribution in [0.5, 0.6) is 11.5 Å². The normalized spacial score (nSPS) is 10.9. The van der Waals surface area contributed by atoms with Gasteiger partial charge in [0.15, 0.2) is 11.6 Å². The number of ether oxygens (including phenoxy) is 1. The highest BCUT2D eigenvalue weighted by atomic mass is 16.5. The molecule has 0 radical (unpaired) electrons. The zero-order chi connectivity index (χ0) is 16.9. The van der Waals surface area contributed by atoms with E-state index < -0.39 is 0 Å². The zero-order valence-electron chi connectivity index (χ0n) is 13.0. The van der Waals surface area contributed by atoms with Crippen LogP contribution in [0.15, 0.2) is 48.5 Å². The van der Waals surface area contributed by atoms with E-state index in [4.69, 9.17) is 10.5 Å². The van der Waals surface area contributed by atoms with Crippen LogP contribution in [0.25, 0.3) is 23.5 Å². The van der Waals surface area contributed by atoms with Crippen molar-refractivity contribution in [3.8, 4) is 22.9 Å². The SMILES string of the molecule is COc1ccc(C=Cc2nc(N)nc(-c3ccccc3O)n2)cc1. The van der Waals surface area contributed by atoms with Crippen LogP contribution in [0.1, 0.15) is 11.4 Å². The summed E-state index contributed by atoms with van der Waals surface area (Å²) in [5.74, 6) is 1.72. The summed E-state index contributed by atoms with van der Waals surface area (Å²) in [6, 6.07) is 14.4. The molecule has 24 heavy (non-hydrogen) atoms. The number of nitrogen functional groups attached to an aromatic ring is 1. The van der Waals surface area contributed by atoms with Crippen molar-refractivity contribution in [3.05, 3.63) is 59.9 Å². The highest BCUT2D eigenvalue weighted by Crippen LogP contribution is 2.26. The molecule has 6 heteroatoms. The van der Waals surface area contributed by atoms with Crippen molar-refractivity contribution >= 4 is 18.1 Å². The standard InChI is InChI=1S/C18H16N4O2/c1-24-13-9-6-12(7-10-13)8-11-16-20-17(22-18(19)21-16)14-4-2-3-5-15(14)23/h2-11,23H,1H3,(H2,19,20,21,22). The second-order valence-electron chi connectivity index (χ2n) is 5.00. The van der Waals surface area contributed by atoms with Gasteiger partial charge in [-0.15, -0.1) is 0 Å². The molecule has 0 bridgehead atoms. The predicted octanol–water partition coefficient (Wildman–Crippen LogP) is 3.01. The Bertz CT molecular complexity index is 876. The lowest BCUT2D eigenvalue weighted by atomic mass is 10.2. The molecule has 0 aliphatic rings. The number of nitrogens with two attached hydrogens (primary N) is 1. The second-order valence-corrected chi connectivity index (χ2v) is 5.00. The highest BCUT2D eigenvalue weighted by Gasteiger charge is 2.09. The number of para-hydroxylation sites is 1. The number of hydrogen-bond acceptors (Lipinski definition) is 6. The van der Waals surface area contributed by atoms with Crippen molar-refractivity contribution in [2.24, 2.45) is 0 Å². The van der Waals surface area contributed by atoms with E-state index >= 15 is 0 Å². The number of hydrogen-bond donors (Lipinski definition) is 2. The zero-order valence-corrected chi connectivity index (χ0v) is 13.0. The minimum absolute atomic E-state index is 0.0909. The third-order valence-corrected chi connectivity index (χ3v) is 3.36. The van der Waals surface area contributed by atoms with E-state index in [0.29, 0.717) is 17.2 Å². The molecule has 120 valence electrons. The molecular weight excluding hydrogens is 304 g/mol. The lowest BCUT2D eigenvalue weighted by Gasteiger charge is -2.04. The molecular formula is C18H16N4O2. The van der Waals surface area contributed by atoms with Gasteiger partial charge in [0.1, 0.15) is 11.5 Å². The van der Waals surface area contributed by atoms with E-state index in [-0.39, 0.29) is 11.7 Å². The summed E-state index contributed by atoms with van der Waals surface area (Å²) < 4.78 is 5.13. The first-order valence-electron chi connectivity index (χ1n) is 7.28. The molecule has 0 saturated heterocycles. The van der Waals surface area contributed by atoms with Crippen molar-refractivity contribution in [3.63, 3.8) is 0 Å².